The van der Waals surface area contributed by atoms with Gasteiger partial charge in [0.25, 0.3) is 0 Å². The SMILES string of the molecule is C[C@@H]1CN(CC2(CBr)CC2)C[C@H](C)O1. The number of alkyl halides is 1. The van der Waals surface area contributed by atoms with Gasteiger partial charge in [0.05, 0.1) is 12.2 Å². The van der Waals surface area contributed by atoms with Crippen LogP contribution in [0.2, 0.25) is 0 Å². The quantitative estimate of drug-likeness (QED) is 0.723. The van der Waals surface area contributed by atoms with Crippen LogP contribution in [0.1, 0.15) is 26.7 Å². The van der Waals surface area contributed by atoms with E-state index >= 15 is 0 Å². The van der Waals surface area contributed by atoms with E-state index in [2.05, 4.69) is 34.7 Å². The van der Waals surface area contributed by atoms with Crippen LogP contribution in [0, 0.1) is 5.41 Å². The molecule has 0 aromatic heterocycles. The molecule has 0 spiro atoms. The molecule has 2 aliphatic rings. The molecule has 0 N–H and O–H groups in total. The van der Waals surface area contributed by atoms with Gasteiger partial charge in [-0.3, -0.25) is 4.90 Å². The molecular formula is C11H20BrNO. The lowest BCUT2D eigenvalue weighted by atomic mass is 10.1. The van der Waals surface area contributed by atoms with Gasteiger partial charge in [-0.15, -0.1) is 0 Å². The average Bonchev–Trinajstić information content (AvgIpc) is 2.83. The van der Waals surface area contributed by atoms with Crippen molar-refractivity contribution in [3.05, 3.63) is 0 Å². The lowest BCUT2D eigenvalue weighted by Crippen LogP contribution is -2.47. The van der Waals surface area contributed by atoms with Crippen LogP contribution in [0.15, 0.2) is 0 Å². The topological polar surface area (TPSA) is 12.5 Å². The second-order valence-corrected chi connectivity index (χ2v) is 5.65. The molecule has 0 aromatic rings. The Hall–Kier alpha value is 0.400. The summed E-state index contributed by atoms with van der Waals surface area (Å²) in [6.45, 7) is 7.83. The number of halogens is 1. The van der Waals surface area contributed by atoms with Crippen molar-refractivity contribution in [3.63, 3.8) is 0 Å². The molecule has 0 unspecified atom stereocenters. The van der Waals surface area contributed by atoms with Gasteiger partial charge in [0.2, 0.25) is 0 Å². The summed E-state index contributed by atoms with van der Waals surface area (Å²) in [4.78, 5) is 2.58. The van der Waals surface area contributed by atoms with E-state index in [9.17, 15) is 0 Å². The monoisotopic (exact) mass is 261 g/mol. The summed E-state index contributed by atoms with van der Waals surface area (Å²) in [6, 6.07) is 0. The van der Waals surface area contributed by atoms with Crippen molar-refractivity contribution >= 4 is 15.9 Å². The third-order valence-electron chi connectivity index (χ3n) is 3.29. The van der Waals surface area contributed by atoms with Crippen LogP contribution >= 0.6 is 15.9 Å². The lowest BCUT2D eigenvalue weighted by molar-refractivity contribution is -0.0717. The zero-order valence-corrected chi connectivity index (χ0v) is 10.7. The summed E-state index contributed by atoms with van der Waals surface area (Å²) in [5, 5.41) is 1.17. The van der Waals surface area contributed by atoms with Crippen LogP contribution < -0.4 is 0 Å². The molecule has 3 heteroatoms. The van der Waals surface area contributed by atoms with Crippen molar-refractivity contribution in [3.8, 4) is 0 Å². The Kier molecular flexibility index (Phi) is 3.20. The third kappa shape index (κ3) is 2.50. The molecule has 2 rings (SSSR count). The molecule has 1 saturated carbocycles. The Labute approximate surface area is 95.1 Å². The lowest BCUT2D eigenvalue weighted by Gasteiger charge is -2.37. The summed E-state index contributed by atoms with van der Waals surface area (Å²) in [7, 11) is 0. The number of nitrogens with zero attached hydrogens (tertiary/aromatic N) is 1. The maximum absolute atomic E-state index is 5.73. The smallest absolute Gasteiger partial charge is 0.0678 e. The number of hydrogen-bond acceptors (Lipinski definition) is 2. The number of ether oxygens (including phenoxy) is 1. The van der Waals surface area contributed by atoms with Crippen LogP contribution in [0.5, 0.6) is 0 Å². The summed E-state index contributed by atoms with van der Waals surface area (Å²) in [5.74, 6) is 0. The van der Waals surface area contributed by atoms with Gasteiger partial charge in [-0.25, -0.2) is 0 Å². The Morgan fingerprint density at radius 2 is 1.86 bits per heavy atom. The van der Waals surface area contributed by atoms with Crippen LogP contribution in [-0.2, 0) is 4.74 Å². The highest BCUT2D eigenvalue weighted by atomic mass is 79.9. The third-order valence-corrected chi connectivity index (χ3v) is 4.48. The molecule has 14 heavy (non-hydrogen) atoms. The maximum atomic E-state index is 5.73. The Bertz CT molecular complexity index is 195. The fourth-order valence-corrected chi connectivity index (χ4v) is 3.14. The van der Waals surface area contributed by atoms with Crippen molar-refractivity contribution < 1.29 is 4.74 Å². The normalized spacial score (nSPS) is 37.1. The molecule has 2 fully saturated rings. The second-order valence-electron chi connectivity index (χ2n) is 5.09. The second kappa shape index (κ2) is 4.11. The van der Waals surface area contributed by atoms with Crippen molar-refractivity contribution in [1.29, 1.82) is 0 Å². The van der Waals surface area contributed by atoms with Crippen molar-refractivity contribution in [2.75, 3.05) is 25.0 Å². The molecular weight excluding hydrogens is 242 g/mol. The van der Waals surface area contributed by atoms with Gasteiger partial charge >= 0.3 is 0 Å². The van der Waals surface area contributed by atoms with E-state index in [4.69, 9.17) is 4.74 Å². The molecule has 1 heterocycles. The van der Waals surface area contributed by atoms with E-state index in [1.165, 1.54) is 24.7 Å². The van der Waals surface area contributed by atoms with Crippen LogP contribution in [0.3, 0.4) is 0 Å². The Morgan fingerprint density at radius 3 is 2.29 bits per heavy atom. The van der Waals surface area contributed by atoms with Crippen LogP contribution in [0.25, 0.3) is 0 Å². The molecule has 0 bridgehead atoms. The molecule has 0 amide bonds. The first-order chi connectivity index (χ1) is 6.63. The van der Waals surface area contributed by atoms with Gasteiger partial charge < -0.3 is 4.74 Å². The fourth-order valence-electron chi connectivity index (χ4n) is 2.40. The Balaban J connectivity index is 1.85. The first-order valence-electron chi connectivity index (χ1n) is 5.57. The van der Waals surface area contributed by atoms with E-state index in [1.54, 1.807) is 0 Å². The summed E-state index contributed by atoms with van der Waals surface area (Å²) in [6.07, 6.45) is 3.62. The molecule has 0 radical (unpaired) electrons. The minimum absolute atomic E-state index is 0.407. The molecule has 2 nitrogen and oxygen atoms in total. The molecule has 1 aliphatic heterocycles. The molecule has 1 saturated heterocycles. The van der Waals surface area contributed by atoms with Gasteiger partial charge in [0.1, 0.15) is 0 Å². The summed E-state index contributed by atoms with van der Waals surface area (Å²) >= 11 is 3.63. The predicted octanol–water partition coefficient (Wildman–Crippen LogP) is 2.27. The highest BCUT2D eigenvalue weighted by Crippen LogP contribution is 2.47. The van der Waals surface area contributed by atoms with Crippen LogP contribution in [0.4, 0.5) is 0 Å². The van der Waals surface area contributed by atoms with E-state index in [0.29, 0.717) is 17.6 Å². The predicted molar refractivity (Wildman–Crippen MR) is 61.9 cm³/mol. The van der Waals surface area contributed by atoms with Crippen molar-refractivity contribution in [1.82, 2.24) is 4.90 Å². The van der Waals surface area contributed by atoms with E-state index < -0.39 is 0 Å². The van der Waals surface area contributed by atoms with Crippen molar-refractivity contribution in [2.45, 2.75) is 38.9 Å². The summed E-state index contributed by atoms with van der Waals surface area (Å²) in [5.41, 5.74) is 0.608. The minimum atomic E-state index is 0.407. The standard InChI is InChI=1S/C11H20BrNO/c1-9-5-13(6-10(2)14-9)8-11(7-12)3-4-11/h9-10H,3-8H2,1-2H3/t9-,10+. The minimum Gasteiger partial charge on any atom is -0.373 e. The maximum Gasteiger partial charge on any atom is 0.0678 e. The van der Waals surface area contributed by atoms with Gasteiger partial charge in [0.15, 0.2) is 0 Å². The van der Waals surface area contributed by atoms with E-state index in [1.807, 2.05) is 0 Å². The number of hydrogen-bond donors (Lipinski definition) is 0. The summed E-state index contributed by atoms with van der Waals surface area (Å²) < 4.78 is 5.73. The molecule has 1 aliphatic carbocycles. The van der Waals surface area contributed by atoms with Gasteiger partial charge in [-0.2, -0.15) is 0 Å². The van der Waals surface area contributed by atoms with Crippen molar-refractivity contribution in [2.24, 2.45) is 5.41 Å². The van der Waals surface area contributed by atoms with E-state index in [0.717, 1.165) is 13.1 Å². The average molecular weight is 262 g/mol. The highest BCUT2D eigenvalue weighted by molar-refractivity contribution is 9.09. The fraction of sp³-hybridized carbons (Fsp3) is 1.00. The van der Waals surface area contributed by atoms with E-state index in [-0.39, 0.29) is 0 Å². The Morgan fingerprint density at radius 1 is 1.29 bits per heavy atom. The van der Waals surface area contributed by atoms with Gasteiger partial charge in [-0.05, 0) is 32.1 Å². The zero-order chi connectivity index (χ0) is 10.2. The highest BCUT2D eigenvalue weighted by Gasteiger charge is 2.43. The first kappa shape index (κ1) is 10.9. The molecule has 2 atom stereocenters. The first-order valence-corrected chi connectivity index (χ1v) is 6.69. The number of rotatable bonds is 3. The molecule has 0 aromatic carbocycles. The number of morpholine rings is 1. The zero-order valence-electron chi connectivity index (χ0n) is 9.13. The molecule has 82 valence electrons. The van der Waals surface area contributed by atoms with Gasteiger partial charge in [0, 0.05) is 25.0 Å². The van der Waals surface area contributed by atoms with Gasteiger partial charge in [-0.1, -0.05) is 15.9 Å². The largest absolute Gasteiger partial charge is 0.373 e. The van der Waals surface area contributed by atoms with Crippen LogP contribution in [-0.4, -0.2) is 42.1 Å².